The van der Waals surface area contributed by atoms with Crippen LogP contribution in [-0.4, -0.2) is 10.8 Å². The van der Waals surface area contributed by atoms with E-state index in [9.17, 15) is 4.79 Å². The van der Waals surface area contributed by atoms with Gasteiger partial charge >= 0.3 is 0 Å². The molecule has 3 aromatic carbocycles. The number of benzene rings is 3. The van der Waals surface area contributed by atoms with E-state index in [0.717, 1.165) is 16.7 Å². The zero-order valence-corrected chi connectivity index (χ0v) is 14.7. The van der Waals surface area contributed by atoms with Crippen LogP contribution in [0.25, 0.3) is 0 Å². The molecule has 0 aromatic heterocycles. The van der Waals surface area contributed by atoms with Crippen molar-refractivity contribution in [3.8, 4) is 0 Å². The quantitative estimate of drug-likeness (QED) is 0.614. The van der Waals surface area contributed by atoms with Crippen LogP contribution in [0.1, 0.15) is 40.0 Å². The van der Waals surface area contributed by atoms with Gasteiger partial charge in [-0.25, -0.2) is 0 Å². The summed E-state index contributed by atoms with van der Waals surface area (Å²) in [6, 6.07) is 28.0. The molecule has 126 valence electrons. The van der Waals surface area contributed by atoms with Gasteiger partial charge in [0.2, 0.25) is 0 Å². The number of hydrogen-bond acceptors (Lipinski definition) is 1. The monoisotopic (exact) mass is 329 g/mol. The fourth-order valence-electron chi connectivity index (χ4n) is 2.94. The lowest BCUT2D eigenvalue weighted by Crippen LogP contribution is -2.33. The topological polar surface area (TPSA) is 20.3 Å². The normalized spacial score (nSPS) is 11.8. The number of amides is 1. The first-order chi connectivity index (χ1) is 12.1. The van der Waals surface area contributed by atoms with Crippen molar-refractivity contribution in [1.29, 1.82) is 0 Å². The van der Waals surface area contributed by atoms with Gasteiger partial charge in [-0.2, -0.15) is 0 Å². The summed E-state index contributed by atoms with van der Waals surface area (Å²) in [4.78, 5) is 15.1. The molecule has 0 aliphatic heterocycles. The molecule has 3 aromatic rings. The van der Waals surface area contributed by atoms with Gasteiger partial charge in [0.1, 0.15) is 0 Å². The zero-order chi connectivity index (χ0) is 17.6. The summed E-state index contributed by atoms with van der Waals surface area (Å²) in [6.07, 6.45) is 0. The largest absolute Gasteiger partial charge is 0.328 e. The minimum atomic E-state index is -0.00601. The summed E-state index contributed by atoms with van der Waals surface area (Å²) in [5, 5.41) is 0. The van der Waals surface area contributed by atoms with Gasteiger partial charge in [-0.1, -0.05) is 78.4 Å². The average Bonchev–Trinajstić information content (AvgIpc) is 2.67. The Bertz CT molecular complexity index is 810. The number of nitrogens with zero attached hydrogens (tertiary/aromatic N) is 1. The Balaban J connectivity index is 1.93. The zero-order valence-electron chi connectivity index (χ0n) is 14.7. The average molecular weight is 329 g/mol. The van der Waals surface area contributed by atoms with E-state index in [2.05, 4.69) is 50.2 Å². The van der Waals surface area contributed by atoms with E-state index in [0.29, 0.717) is 6.54 Å². The summed E-state index contributed by atoms with van der Waals surface area (Å²) in [7, 11) is 0. The van der Waals surface area contributed by atoms with Crippen LogP contribution in [-0.2, 0) is 6.54 Å². The van der Waals surface area contributed by atoms with Gasteiger partial charge in [-0.15, -0.1) is 0 Å². The molecule has 0 fully saturated rings. The highest BCUT2D eigenvalue weighted by atomic mass is 16.2. The maximum atomic E-state index is 13.2. The Kier molecular flexibility index (Phi) is 5.30. The van der Waals surface area contributed by atoms with E-state index in [1.54, 1.807) is 0 Å². The van der Waals surface area contributed by atoms with Crippen molar-refractivity contribution in [2.45, 2.75) is 26.4 Å². The van der Waals surface area contributed by atoms with E-state index in [-0.39, 0.29) is 11.9 Å². The molecule has 0 N–H and O–H groups in total. The highest BCUT2D eigenvalue weighted by molar-refractivity contribution is 5.94. The molecule has 0 heterocycles. The molecule has 0 radical (unpaired) electrons. The molecule has 1 amide bonds. The Morgan fingerprint density at radius 3 is 2.00 bits per heavy atom. The first kappa shape index (κ1) is 17.0. The second-order valence-electron chi connectivity index (χ2n) is 6.37. The second kappa shape index (κ2) is 7.80. The van der Waals surface area contributed by atoms with Gasteiger partial charge < -0.3 is 4.90 Å². The molecule has 0 bridgehead atoms. The van der Waals surface area contributed by atoms with Crippen molar-refractivity contribution in [2.75, 3.05) is 0 Å². The van der Waals surface area contributed by atoms with Crippen molar-refractivity contribution in [3.05, 3.63) is 107 Å². The first-order valence-electron chi connectivity index (χ1n) is 8.61. The van der Waals surface area contributed by atoms with Crippen LogP contribution in [0.3, 0.4) is 0 Å². The maximum absolute atomic E-state index is 13.2. The number of hydrogen-bond donors (Lipinski definition) is 0. The van der Waals surface area contributed by atoms with Crippen LogP contribution in [0.4, 0.5) is 0 Å². The fourth-order valence-corrected chi connectivity index (χ4v) is 2.94. The summed E-state index contributed by atoms with van der Waals surface area (Å²) in [6.45, 7) is 4.75. The summed E-state index contributed by atoms with van der Waals surface area (Å²) in [5.41, 5.74) is 4.22. The standard InChI is InChI=1S/C23H23NO/c1-18-13-15-21(16-14-18)19(2)24(17-20-9-5-3-6-10-20)23(25)22-11-7-4-8-12-22/h3-16,19H,17H2,1-2H3/t19-/m1/s1. The predicted molar refractivity (Wildman–Crippen MR) is 102 cm³/mol. The van der Waals surface area contributed by atoms with Crippen molar-refractivity contribution < 1.29 is 4.79 Å². The Hall–Kier alpha value is -2.87. The van der Waals surface area contributed by atoms with Crippen LogP contribution in [0, 0.1) is 6.92 Å². The molecule has 0 saturated carbocycles. The molecule has 0 saturated heterocycles. The van der Waals surface area contributed by atoms with E-state index in [4.69, 9.17) is 0 Å². The van der Waals surface area contributed by atoms with E-state index < -0.39 is 0 Å². The lowest BCUT2D eigenvalue weighted by Gasteiger charge is -2.30. The Labute approximate surface area is 149 Å². The first-order valence-corrected chi connectivity index (χ1v) is 8.61. The van der Waals surface area contributed by atoms with Crippen LogP contribution >= 0.6 is 0 Å². The predicted octanol–water partition coefficient (Wildman–Crippen LogP) is 5.40. The van der Waals surface area contributed by atoms with Gasteiger partial charge in [-0.3, -0.25) is 4.79 Å². The van der Waals surface area contributed by atoms with Crippen LogP contribution < -0.4 is 0 Å². The third-order valence-corrected chi connectivity index (χ3v) is 4.50. The Morgan fingerprint density at radius 2 is 1.40 bits per heavy atom. The second-order valence-corrected chi connectivity index (χ2v) is 6.37. The van der Waals surface area contributed by atoms with E-state index in [1.807, 2.05) is 53.4 Å². The van der Waals surface area contributed by atoms with Crippen molar-refractivity contribution in [3.63, 3.8) is 0 Å². The number of carbonyl (C=O) groups excluding carboxylic acids is 1. The van der Waals surface area contributed by atoms with Crippen molar-refractivity contribution >= 4 is 5.91 Å². The Morgan fingerprint density at radius 1 is 0.840 bits per heavy atom. The van der Waals surface area contributed by atoms with Gasteiger partial charge in [0.05, 0.1) is 6.04 Å². The molecule has 2 nitrogen and oxygen atoms in total. The smallest absolute Gasteiger partial charge is 0.254 e. The highest BCUT2D eigenvalue weighted by Crippen LogP contribution is 2.25. The molecular formula is C23H23NO. The lowest BCUT2D eigenvalue weighted by molar-refractivity contribution is 0.0674. The maximum Gasteiger partial charge on any atom is 0.254 e. The SMILES string of the molecule is Cc1ccc([C@@H](C)N(Cc2ccccc2)C(=O)c2ccccc2)cc1. The fraction of sp³-hybridized carbons (Fsp3) is 0.174. The van der Waals surface area contributed by atoms with Gasteiger partial charge in [0.15, 0.2) is 0 Å². The number of aryl methyl sites for hydroxylation is 1. The minimum Gasteiger partial charge on any atom is -0.328 e. The molecule has 2 heteroatoms. The molecule has 0 aliphatic carbocycles. The van der Waals surface area contributed by atoms with Crippen LogP contribution in [0.15, 0.2) is 84.9 Å². The number of carbonyl (C=O) groups is 1. The summed E-state index contributed by atoms with van der Waals surface area (Å²) >= 11 is 0. The molecule has 0 unspecified atom stereocenters. The molecular weight excluding hydrogens is 306 g/mol. The van der Waals surface area contributed by atoms with Crippen LogP contribution in [0.5, 0.6) is 0 Å². The van der Waals surface area contributed by atoms with E-state index >= 15 is 0 Å². The van der Waals surface area contributed by atoms with E-state index in [1.165, 1.54) is 5.56 Å². The van der Waals surface area contributed by atoms with Crippen molar-refractivity contribution in [1.82, 2.24) is 4.90 Å². The lowest BCUT2D eigenvalue weighted by atomic mass is 10.0. The molecule has 0 aliphatic rings. The highest BCUT2D eigenvalue weighted by Gasteiger charge is 2.22. The van der Waals surface area contributed by atoms with Crippen molar-refractivity contribution in [2.24, 2.45) is 0 Å². The molecule has 25 heavy (non-hydrogen) atoms. The summed E-state index contributed by atoms with van der Waals surface area (Å²) in [5.74, 6) is 0.0533. The minimum absolute atomic E-state index is 0.00601. The number of rotatable bonds is 5. The third kappa shape index (κ3) is 4.16. The third-order valence-electron chi connectivity index (χ3n) is 4.50. The van der Waals surface area contributed by atoms with Gasteiger partial charge in [0, 0.05) is 12.1 Å². The molecule has 0 spiro atoms. The van der Waals surface area contributed by atoms with Gasteiger partial charge in [-0.05, 0) is 37.1 Å². The van der Waals surface area contributed by atoms with Crippen LogP contribution in [0.2, 0.25) is 0 Å². The molecule has 1 atom stereocenters. The molecule has 3 rings (SSSR count). The summed E-state index contributed by atoms with van der Waals surface area (Å²) < 4.78 is 0. The van der Waals surface area contributed by atoms with Gasteiger partial charge in [0.25, 0.3) is 5.91 Å².